The highest BCUT2D eigenvalue weighted by atomic mass is 79.9. The topological polar surface area (TPSA) is 0 Å². The first-order chi connectivity index (χ1) is 6.67. The first-order valence-corrected chi connectivity index (χ1v) is 6.29. The standard InChI is InChI=1S/C11H11Br2F/c1-2-8(7-12)5-9-3-4-10(14)6-11(9)13/h3-6H,2,7H2,1H3/b8-5-. The van der Waals surface area contributed by atoms with E-state index >= 15 is 0 Å². The summed E-state index contributed by atoms with van der Waals surface area (Å²) in [5.74, 6) is -0.217. The van der Waals surface area contributed by atoms with Crippen molar-refractivity contribution in [3.05, 3.63) is 39.6 Å². The molecule has 0 bridgehead atoms. The van der Waals surface area contributed by atoms with Crippen molar-refractivity contribution in [1.82, 2.24) is 0 Å². The van der Waals surface area contributed by atoms with Gasteiger partial charge in [-0.25, -0.2) is 4.39 Å². The second-order valence-electron chi connectivity index (χ2n) is 2.96. The van der Waals surface area contributed by atoms with Crippen molar-refractivity contribution in [3.63, 3.8) is 0 Å². The van der Waals surface area contributed by atoms with Gasteiger partial charge < -0.3 is 0 Å². The van der Waals surface area contributed by atoms with Crippen molar-refractivity contribution in [2.75, 3.05) is 5.33 Å². The molecule has 0 unspecified atom stereocenters. The molecule has 0 spiro atoms. The molecular formula is C11H11Br2F. The van der Waals surface area contributed by atoms with Crippen LogP contribution in [-0.4, -0.2) is 5.33 Å². The van der Waals surface area contributed by atoms with E-state index in [0.717, 1.165) is 21.8 Å². The maximum absolute atomic E-state index is 12.8. The summed E-state index contributed by atoms with van der Waals surface area (Å²) in [5, 5.41) is 0.854. The number of hydrogen-bond acceptors (Lipinski definition) is 0. The molecule has 0 saturated heterocycles. The minimum atomic E-state index is -0.217. The van der Waals surface area contributed by atoms with Gasteiger partial charge in [-0.2, -0.15) is 0 Å². The molecule has 0 aliphatic heterocycles. The summed E-state index contributed by atoms with van der Waals surface area (Å²) in [6.45, 7) is 2.10. The Kier molecular flexibility index (Phi) is 4.82. The van der Waals surface area contributed by atoms with Crippen LogP contribution < -0.4 is 0 Å². The average molecular weight is 322 g/mol. The molecule has 0 amide bonds. The monoisotopic (exact) mass is 320 g/mol. The fourth-order valence-corrected chi connectivity index (χ4v) is 2.10. The first kappa shape index (κ1) is 11.9. The van der Waals surface area contributed by atoms with Crippen LogP contribution in [-0.2, 0) is 0 Å². The van der Waals surface area contributed by atoms with Crippen molar-refractivity contribution in [2.24, 2.45) is 0 Å². The summed E-state index contributed by atoms with van der Waals surface area (Å²) in [6.07, 6.45) is 3.06. The van der Waals surface area contributed by atoms with E-state index in [1.807, 2.05) is 0 Å². The van der Waals surface area contributed by atoms with Crippen LogP contribution in [0.5, 0.6) is 0 Å². The van der Waals surface area contributed by atoms with E-state index in [-0.39, 0.29) is 5.82 Å². The van der Waals surface area contributed by atoms with Crippen LogP contribution in [0, 0.1) is 5.82 Å². The van der Waals surface area contributed by atoms with Crippen LogP contribution in [0.1, 0.15) is 18.9 Å². The van der Waals surface area contributed by atoms with Gasteiger partial charge in [-0.15, -0.1) is 0 Å². The minimum Gasteiger partial charge on any atom is -0.207 e. The molecule has 0 fully saturated rings. The maximum atomic E-state index is 12.8. The van der Waals surface area contributed by atoms with Gasteiger partial charge in [0.15, 0.2) is 0 Å². The Morgan fingerprint density at radius 3 is 2.71 bits per heavy atom. The summed E-state index contributed by atoms with van der Waals surface area (Å²) >= 11 is 6.75. The molecular weight excluding hydrogens is 311 g/mol. The molecule has 1 aromatic carbocycles. The van der Waals surface area contributed by atoms with Gasteiger partial charge in [0.05, 0.1) is 0 Å². The summed E-state index contributed by atoms with van der Waals surface area (Å²) in [5.41, 5.74) is 2.31. The zero-order valence-corrected chi connectivity index (χ0v) is 11.0. The van der Waals surface area contributed by atoms with Crippen molar-refractivity contribution >= 4 is 37.9 Å². The molecule has 0 aromatic heterocycles. The highest BCUT2D eigenvalue weighted by Crippen LogP contribution is 2.21. The molecule has 1 rings (SSSR count). The fraction of sp³-hybridized carbons (Fsp3) is 0.273. The lowest BCUT2D eigenvalue weighted by Gasteiger charge is -2.02. The molecule has 3 heteroatoms. The number of allylic oxidation sites excluding steroid dienone is 1. The Hall–Kier alpha value is -0.150. The molecule has 0 nitrogen and oxygen atoms in total. The van der Waals surface area contributed by atoms with Gasteiger partial charge in [0.1, 0.15) is 5.82 Å². The SMILES string of the molecule is CC/C(=C/c1ccc(F)cc1Br)CBr. The predicted molar refractivity (Wildman–Crippen MR) is 66.2 cm³/mol. The predicted octanol–water partition coefficient (Wildman–Crippen LogP) is 4.78. The van der Waals surface area contributed by atoms with Crippen LogP contribution in [0.2, 0.25) is 0 Å². The summed E-state index contributed by atoms with van der Waals surface area (Å²) in [6, 6.07) is 4.73. The van der Waals surface area contributed by atoms with Crippen LogP contribution in [0.15, 0.2) is 28.2 Å². The molecule has 0 saturated carbocycles. The number of rotatable bonds is 3. The van der Waals surface area contributed by atoms with E-state index in [9.17, 15) is 4.39 Å². The zero-order valence-electron chi connectivity index (χ0n) is 7.86. The quantitative estimate of drug-likeness (QED) is 0.703. The van der Waals surface area contributed by atoms with E-state index in [4.69, 9.17) is 0 Å². The summed E-state index contributed by atoms with van der Waals surface area (Å²) in [7, 11) is 0. The van der Waals surface area contributed by atoms with E-state index in [1.165, 1.54) is 17.7 Å². The van der Waals surface area contributed by atoms with Crippen LogP contribution in [0.4, 0.5) is 4.39 Å². The Labute approximate surface area is 100 Å². The lowest BCUT2D eigenvalue weighted by Crippen LogP contribution is -1.84. The van der Waals surface area contributed by atoms with Gasteiger partial charge in [0, 0.05) is 9.80 Å². The van der Waals surface area contributed by atoms with Crippen LogP contribution >= 0.6 is 31.9 Å². The van der Waals surface area contributed by atoms with Crippen molar-refractivity contribution in [3.8, 4) is 0 Å². The third kappa shape index (κ3) is 3.21. The van der Waals surface area contributed by atoms with Gasteiger partial charge in [0.25, 0.3) is 0 Å². The molecule has 0 atom stereocenters. The molecule has 1 aromatic rings. The van der Waals surface area contributed by atoms with Gasteiger partial charge in [0.2, 0.25) is 0 Å². The lowest BCUT2D eigenvalue weighted by atomic mass is 10.1. The Bertz CT molecular complexity index is 339. The summed E-state index contributed by atoms with van der Waals surface area (Å²) in [4.78, 5) is 0. The number of hydrogen-bond donors (Lipinski definition) is 0. The third-order valence-electron chi connectivity index (χ3n) is 1.95. The molecule has 0 aliphatic rings. The van der Waals surface area contributed by atoms with Gasteiger partial charge in [-0.05, 0) is 24.1 Å². The van der Waals surface area contributed by atoms with Gasteiger partial charge in [-0.3, -0.25) is 0 Å². The Morgan fingerprint density at radius 1 is 1.50 bits per heavy atom. The van der Waals surface area contributed by atoms with E-state index in [0.29, 0.717) is 0 Å². The zero-order chi connectivity index (χ0) is 10.6. The van der Waals surface area contributed by atoms with Crippen LogP contribution in [0.3, 0.4) is 0 Å². The highest BCUT2D eigenvalue weighted by molar-refractivity contribution is 9.10. The second-order valence-corrected chi connectivity index (χ2v) is 4.37. The third-order valence-corrected chi connectivity index (χ3v) is 3.35. The Morgan fingerprint density at radius 2 is 2.21 bits per heavy atom. The summed E-state index contributed by atoms with van der Waals surface area (Å²) < 4.78 is 13.6. The Balaban J connectivity index is 3.02. The number of benzene rings is 1. The lowest BCUT2D eigenvalue weighted by molar-refractivity contribution is 0.627. The molecule has 76 valence electrons. The molecule has 0 aliphatic carbocycles. The minimum absolute atomic E-state index is 0.217. The molecule has 0 N–H and O–H groups in total. The van der Waals surface area contributed by atoms with E-state index in [2.05, 4.69) is 44.9 Å². The van der Waals surface area contributed by atoms with Gasteiger partial charge >= 0.3 is 0 Å². The highest BCUT2D eigenvalue weighted by Gasteiger charge is 2.00. The first-order valence-electron chi connectivity index (χ1n) is 4.37. The molecule has 14 heavy (non-hydrogen) atoms. The number of halogens is 3. The van der Waals surface area contributed by atoms with Gasteiger partial charge in [-0.1, -0.05) is 56.5 Å². The van der Waals surface area contributed by atoms with E-state index < -0.39 is 0 Å². The van der Waals surface area contributed by atoms with E-state index in [1.54, 1.807) is 6.07 Å². The molecule has 0 radical (unpaired) electrons. The van der Waals surface area contributed by atoms with Crippen molar-refractivity contribution in [2.45, 2.75) is 13.3 Å². The number of alkyl halides is 1. The van der Waals surface area contributed by atoms with Crippen molar-refractivity contribution < 1.29 is 4.39 Å². The smallest absolute Gasteiger partial charge is 0.124 e. The van der Waals surface area contributed by atoms with Crippen LogP contribution in [0.25, 0.3) is 6.08 Å². The fourth-order valence-electron chi connectivity index (χ4n) is 1.07. The van der Waals surface area contributed by atoms with Crippen molar-refractivity contribution in [1.29, 1.82) is 0 Å². The molecule has 0 heterocycles. The maximum Gasteiger partial charge on any atom is 0.124 e. The normalized spacial score (nSPS) is 11.9. The average Bonchev–Trinajstić information content (AvgIpc) is 2.17. The largest absolute Gasteiger partial charge is 0.207 e. The second kappa shape index (κ2) is 5.66.